The second-order valence-corrected chi connectivity index (χ2v) is 9.49. The summed E-state index contributed by atoms with van der Waals surface area (Å²) in [6, 6.07) is 20.5. The second kappa shape index (κ2) is 9.52. The van der Waals surface area contributed by atoms with E-state index in [1.165, 1.54) is 17.4 Å². The van der Waals surface area contributed by atoms with Crippen molar-refractivity contribution < 1.29 is 9.53 Å². The van der Waals surface area contributed by atoms with Gasteiger partial charge in [0.05, 0.1) is 23.8 Å². The smallest absolute Gasteiger partial charge is 0.266 e. The molecular weight excluding hydrogens is 444 g/mol. The summed E-state index contributed by atoms with van der Waals surface area (Å²) in [6.45, 7) is 7.60. The summed E-state index contributed by atoms with van der Waals surface area (Å²) in [5.41, 5.74) is 6.45. The Hall–Kier alpha value is -3.29. The molecule has 0 spiro atoms. The number of carbonyl (C=O) groups is 1. The number of rotatable bonds is 4. The largest absolute Gasteiger partial charge is 0.378 e. The number of ether oxygens (including phenoxy) is 1. The molecule has 0 atom stereocenters. The predicted octanol–water partition coefficient (Wildman–Crippen LogP) is 5.16. The van der Waals surface area contributed by atoms with Crippen LogP contribution in [0.3, 0.4) is 0 Å². The van der Waals surface area contributed by atoms with Crippen molar-refractivity contribution in [2.45, 2.75) is 13.8 Å². The highest BCUT2D eigenvalue weighted by atomic mass is 32.2. The fraction of sp³-hybridized carbons (Fsp3) is 0.259. The van der Waals surface area contributed by atoms with Crippen LogP contribution in [-0.2, 0) is 9.53 Å². The third-order valence-electron chi connectivity index (χ3n) is 6.23. The zero-order valence-corrected chi connectivity index (χ0v) is 20.5. The van der Waals surface area contributed by atoms with Crippen LogP contribution in [0.25, 0.3) is 11.8 Å². The number of thioether (sulfide) groups is 1. The van der Waals surface area contributed by atoms with Crippen molar-refractivity contribution in [3.8, 4) is 5.69 Å². The van der Waals surface area contributed by atoms with Crippen molar-refractivity contribution in [2.24, 2.45) is 4.99 Å². The minimum Gasteiger partial charge on any atom is -0.378 e. The molecule has 6 nitrogen and oxygen atoms in total. The van der Waals surface area contributed by atoms with Crippen molar-refractivity contribution in [1.82, 2.24) is 9.47 Å². The van der Waals surface area contributed by atoms with Gasteiger partial charge in [0.1, 0.15) is 0 Å². The molecule has 1 amide bonds. The van der Waals surface area contributed by atoms with Gasteiger partial charge in [0.25, 0.3) is 5.91 Å². The van der Waals surface area contributed by atoms with Crippen molar-refractivity contribution >= 4 is 40.3 Å². The predicted molar refractivity (Wildman–Crippen MR) is 140 cm³/mol. The fourth-order valence-electron chi connectivity index (χ4n) is 4.37. The van der Waals surface area contributed by atoms with Crippen LogP contribution >= 0.6 is 11.8 Å². The van der Waals surface area contributed by atoms with Gasteiger partial charge in [-0.1, -0.05) is 18.2 Å². The van der Waals surface area contributed by atoms with Gasteiger partial charge < -0.3 is 14.2 Å². The first-order valence-electron chi connectivity index (χ1n) is 11.4. The summed E-state index contributed by atoms with van der Waals surface area (Å²) in [5, 5.41) is 0.690. The second-order valence-electron chi connectivity index (χ2n) is 8.48. The topological polar surface area (TPSA) is 50.1 Å². The Bertz CT molecular complexity index is 1260. The summed E-state index contributed by atoms with van der Waals surface area (Å²) in [7, 11) is 1.78. The number of amidine groups is 1. The monoisotopic (exact) mass is 472 g/mol. The van der Waals surface area contributed by atoms with Crippen molar-refractivity contribution in [3.63, 3.8) is 0 Å². The number of nitrogens with zero attached hydrogens (tertiary/aromatic N) is 4. The van der Waals surface area contributed by atoms with Gasteiger partial charge >= 0.3 is 0 Å². The Kier molecular flexibility index (Phi) is 6.30. The van der Waals surface area contributed by atoms with Gasteiger partial charge in [0.15, 0.2) is 5.17 Å². The molecule has 0 aliphatic carbocycles. The molecule has 2 fully saturated rings. The van der Waals surface area contributed by atoms with Gasteiger partial charge in [-0.2, -0.15) is 0 Å². The lowest BCUT2D eigenvalue weighted by Gasteiger charge is -2.29. The first-order chi connectivity index (χ1) is 16.5. The van der Waals surface area contributed by atoms with E-state index in [2.05, 4.69) is 58.6 Å². The zero-order chi connectivity index (χ0) is 23.7. The normalized spacial score (nSPS) is 19.0. The number of hydrogen-bond donors (Lipinski definition) is 0. The van der Waals surface area contributed by atoms with Gasteiger partial charge in [0.2, 0.25) is 0 Å². The number of hydrogen-bond acceptors (Lipinski definition) is 5. The van der Waals surface area contributed by atoms with Gasteiger partial charge in [-0.3, -0.25) is 9.69 Å². The first-order valence-corrected chi connectivity index (χ1v) is 12.3. The molecule has 0 N–H and O–H groups in total. The number of carbonyl (C=O) groups excluding carboxylic acids is 1. The fourth-order valence-corrected chi connectivity index (χ4v) is 5.35. The highest BCUT2D eigenvalue weighted by Gasteiger charge is 2.30. The molecular formula is C27H28N4O2S. The highest BCUT2D eigenvalue weighted by Crippen LogP contribution is 2.34. The SMILES string of the molecule is Cc1cc(/C=C2\SC(=Nc3ccccc3)N(C)C2=O)c(C)n1-c1ccc(N2CCOCC2)cc1. The Balaban J connectivity index is 1.41. The van der Waals surface area contributed by atoms with E-state index in [0.717, 1.165) is 54.6 Å². The molecule has 7 heteroatoms. The van der Waals surface area contributed by atoms with Gasteiger partial charge in [-0.05, 0) is 79.7 Å². The number of aliphatic imine (C=N–C) groups is 1. The number of likely N-dealkylation sites (N-methyl/N-ethyl adjacent to an activating group) is 1. The molecule has 2 aliphatic rings. The van der Waals surface area contributed by atoms with Crippen LogP contribution in [0.5, 0.6) is 0 Å². The number of amides is 1. The van der Waals surface area contributed by atoms with Crippen LogP contribution in [0.1, 0.15) is 17.0 Å². The van der Waals surface area contributed by atoms with Crippen LogP contribution in [0.2, 0.25) is 0 Å². The maximum absolute atomic E-state index is 12.9. The van der Waals surface area contributed by atoms with Crippen LogP contribution in [0.15, 0.2) is 70.6 Å². The van der Waals surface area contributed by atoms with Crippen molar-refractivity contribution in [2.75, 3.05) is 38.3 Å². The van der Waals surface area contributed by atoms with E-state index in [1.807, 2.05) is 36.4 Å². The molecule has 0 bridgehead atoms. The first kappa shape index (κ1) is 22.5. The summed E-state index contributed by atoms with van der Waals surface area (Å²) in [4.78, 5) is 22.2. The molecule has 0 unspecified atom stereocenters. The van der Waals surface area contributed by atoms with E-state index < -0.39 is 0 Å². The molecule has 174 valence electrons. The van der Waals surface area contributed by atoms with Crippen LogP contribution in [-0.4, -0.2) is 53.9 Å². The Morgan fingerprint density at radius 1 is 0.971 bits per heavy atom. The molecule has 34 heavy (non-hydrogen) atoms. The minimum absolute atomic E-state index is 0.0284. The molecule has 1 aromatic heterocycles. The molecule has 2 aliphatic heterocycles. The number of para-hydroxylation sites is 1. The van der Waals surface area contributed by atoms with E-state index in [-0.39, 0.29) is 5.91 Å². The van der Waals surface area contributed by atoms with Crippen molar-refractivity contribution in [3.05, 3.63) is 82.5 Å². The number of benzene rings is 2. The van der Waals surface area contributed by atoms with E-state index in [4.69, 9.17) is 4.74 Å². The molecule has 5 rings (SSSR count). The Morgan fingerprint density at radius 3 is 2.35 bits per heavy atom. The summed E-state index contributed by atoms with van der Waals surface area (Å²) in [5.74, 6) is -0.0284. The standard InChI is InChI=1S/C27H28N4O2S/c1-19-17-21(18-25-26(32)29(3)27(34-25)28-22-7-5-4-6-8-22)20(2)31(19)24-11-9-23(10-12-24)30-13-15-33-16-14-30/h4-12,17-18H,13-16H2,1-3H3/b25-18-,28-27?. The van der Waals surface area contributed by atoms with E-state index in [9.17, 15) is 4.79 Å². The molecule has 0 saturated carbocycles. The molecule has 3 heterocycles. The quantitative estimate of drug-likeness (QED) is 0.492. The van der Waals surface area contributed by atoms with Crippen LogP contribution < -0.4 is 4.90 Å². The lowest BCUT2D eigenvalue weighted by atomic mass is 10.2. The Labute approximate surface area is 204 Å². The van der Waals surface area contributed by atoms with Crippen LogP contribution in [0, 0.1) is 13.8 Å². The molecule has 0 radical (unpaired) electrons. The molecule has 2 aromatic carbocycles. The number of aryl methyl sites for hydroxylation is 1. The third-order valence-corrected chi connectivity index (χ3v) is 7.29. The Morgan fingerprint density at radius 2 is 1.65 bits per heavy atom. The maximum Gasteiger partial charge on any atom is 0.266 e. The number of aromatic nitrogens is 1. The van der Waals surface area contributed by atoms with Gasteiger partial charge in [-0.25, -0.2) is 4.99 Å². The average Bonchev–Trinajstić information content (AvgIpc) is 3.29. The summed E-state index contributed by atoms with van der Waals surface area (Å²) < 4.78 is 7.70. The van der Waals surface area contributed by atoms with E-state index >= 15 is 0 Å². The highest BCUT2D eigenvalue weighted by molar-refractivity contribution is 8.18. The lowest BCUT2D eigenvalue weighted by molar-refractivity contribution is -0.121. The van der Waals surface area contributed by atoms with E-state index in [0.29, 0.717) is 10.1 Å². The number of anilines is 1. The van der Waals surface area contributed by atoms with E-state index in [1.54, 1.807) is 11.9 Å². The third kappa shape index (κ3) is 4.41. The minimum atomic E-state index is -0.0284. The summed E-state index contributed by atoms with van der Waals surface area (Å²) in [6.07, 6.45) is 1.98. The molecule has 2 saturated heterocycles. The van der Waals surface area contributed by atoms with Gasteiger partial charge in [-0.15, -0.1) is 0 Å². The number of morpholine rings is 1. The van der Waals surface area contributed by atoms with Gasteiger partial charge in [0, 0.05) is 42.9 Å². The summed E-state index contributed by atoms with van der Waals surface area (Å²) >= 11 is 1.42. The zero-order valence-electron chi connectivity index (χ0n) is 19.7. The maximum atomic E-state index is 12.9. The van der Waals surface area contributed by atoms with Crippen molar-refractivity contribution in [1.29, 1.82) is 0 Å². The molecule has 3 aromatic rings. The average molecular weight is 473 g/mol. The lowest BCUT2D eigenvalue weighted by Crippen LogP contribution is -2.36. The van der Waals surface area contributed by atoms with Crippen LogP contribution in [0.4, 0.5) is 11.4 Å².